The van der Waals surface area contributed by atoms with Gasteiger partial charge in [0.25, 0.3) is 0 Å². The summed E-state index contributed by atoms with van der Waals surface area (Å²) in [4.78, 5) is 11.7. The van der Waals surface area contributed by atoms with Gasteiger partial charge in [0.2, 0.25) is 0 Å². The molecule has 0 spiro atoms. The Bertz CT molecular complexity index is 216. The summed E-state index contributed by atoms with van der Waals surface area (Å²) in [6, 6.07) is 0. The highest BCUT2D eigenvalue weighted by Gasteiger charge is 2.30. The summed E-state index contributed by atoms with van der Waals surface area (Å²) in [6.45, 7) is 2.76. The maximum atomic E-state index is 10.4. The van der Waals surface area contributed by atoms with Crippen LogP contribution in [0, 0.1) is 10.1 Å². The summed E-state index contributed by atoms with van der Waals surface area (Å²) < 4.78 is 0. The molecule has 0 saturated carbocycles. The predicted molar refractivity (Wildman–Crippen MR) is 43.4 cm³/mol. The van der Waals surface area contributed by atoms with Gasteiger partial charge in [-0.15, -0.1) is 0 Å². The molecule has 1 heterocycles. The van der Waals surface area contributed by atoms with Crippen molar-refractivity contribution >= 4 is 0 Å². The molecule has 0 radical (unpaired) electrons. The summed E-state index contributed by atoms with van der Waals surface area (Å²) in [5, 5.41) is 13.3. The van der Waals surface area contributed by atoms with E-state index in [1.165, 1.54) is 6.20 Å². The smallest absolute Gasteiger partial charge is 0.335 e. The molecule has 0 aliphatic carbocycles. The van der Waals surface area contributed by atoms with E-state index in [1.807, 2.05) is 6.92 Å². The quantitative estimate of drug-likeness (QED) is 0.433. The number of nitrogens with two attached hydrogens (primary N) is 1. The first kappa shape index (κ1) is 8.79. The highest BCUT2D eigenvalue weighted by atomic mass is 16.6. The molecule has 1 atom stereocenters. The maximum Gasteiger partial charge on any atom is 0.335 e. The molecule has 0 saturated heterocycles. The lowest BCUT2D eigenvalue weighted by Gasteiger charge is -2.17. The zero-order valence-electron chi connectivity index (χ0n) is 6.86. The molecule has 6 heteroatoms. The Labute approximate surface area is 70.2 Å². The Kier molecular flexibility index (Phi) is 2.49. The van der Waals surface area contributed by atoms with Crippen LogP contribution in [0.3, 0.4) is 0 Å². The third kappa shape index (κ3) is 1.48. The van der Waals surface area contributed by atoms with Gasteiger partial charge in [-0.2, -0.15) is 0 Å². The first-order valence-corrected chi connectivity index (χ1v) is 3.74. The Hall–Kier alpha value is -1.30. The first-order valence-electron chi connectivity index (χ1n) is 3.74. The van der Waals surface area contributed by atoms with Crippen LogP contribution in [0.2, 0.25) is 0 Å². The normalized spacial score (nSPS) is 22.0. The molecule has 3 N–H and O–H groups in total. The van der Waals surface area contributed by atoms with Gasteiger partial charge in [-0.05, 0) is 11.8 Å². The van der Waals surface area contributed by atoms with Crippen molar-refractivity contribution in [2.24, 2.45) is 5.73 Å². The Morgan fingerprint density at radius 2 is 2.58 bits per heavy atom. The van der Waals surface area contributed by atoms with E-state index < -0.39 is 4.92 Å². The third-order valence-corrected chi connectivity index (χ3v) is 1.77. The molecule has 1 aliphatic rings. The molecular formula is C6H12N4O2. The van der Waals surface area contributed by atoms with Crippen LogP contribution in [-0.2, 0) is 0 Å². The van der Waals surface area contributed by atoms with Crippen LogP contribution in [0.1, 0.15) is 6.92 Å². The van der Waals surface area contributed by atoms with Gasteiger partial charge in [-0.25, -0.2) is 4.90 Å². The lowest BCUT2D eigenvalue weighted by atomic mass is 10.4. The average Bonchev–Trinajstić information content (AvgIpc) is 2.34. The standard InChI is InChI=1S/C6H12N4O2/c1-5-8-4-6(10(11)12)9(5)3-2-7/h4-5,8H,2-3,7H2,1H3. The van der Waals surface area contributed by atoms with Crippen LogP contribution in [0.5, 0.6) is 0 Å². The second-order valence-corrected chi connectivity index (χ2v) is 2.58. The van der Waals surface area contributed by atoms with Crippen molar-refractivity contribution in [3.8, 4) is 0 Å². The Balaban J connectivity index is 2.67. The van der Waals surface area contributed by atoms with Crippen LogP contribution >= 0.6 is 0 Å². The van der Waals surface area contributed by atoms with Crippen LogP contribution in [-0.4, -0.2) is 29.1 Å². The molecule has 6 nitrogen and oxygen atoms in total. The number of nitrogens with one attached hydrogen (secondary N) is 1. The van der Waals surface area contributed by atoms with Crippen molar-refractivity contribution in [2.45, 2.75) is 13.1 Å². The van der Waals surface area contributed by atoms with E-state index in [0.717, 1.165) is 0 Å². The van der Waals surface area contributed by atoms with Gasteiger partial charge in [0.05, 0.1) is 12.7 Å². The summed E-state index contributed by atoms with van der Waals surface area (Å²) in [7, 11) is 0. The minimum atomic E-state index is -0.411. The summed E-state index contributed by atoms with van der Waals surface area (Å²) >= 11 is 0. The molecule has 12 heavy (non-hydrogen) atoms. The van der Waals surface area contributed by atoms with E-state index in [4.69, 9.17) is 5.73 Å². The SMILES string of the molecule is CC1NC=C([N+](=O)[O-])N1CCN. The van der Waals surface area contributed by atoms with E-state index in [0.29, 0.717) is 13.1 Å². The second-order valence-electron chi connectivity index (χ2n) is 2.58. The molecule has 1 rings (SSSR count). The molecule has 0 bridgehead atoms. The largest absolute Gasteiger partial charge is 0.358 e. The average molecular weight is 172 g/mol. The highest BCUT2D eigenvalue weighted by Crippen LogP contribution is 2.12. The van der Waals surface area contributed by atoms with Gasteiger partial charge in [0.1, 0.15) is 0 Å². The van der Waals surface area contributed by atoms with Crippen molar-refractivity contribution < 1.29 is 4.92 Å². The van der Waals surface area contributed by atoms with Crippen molar-refractivity contribution in [1.82, 2.24) is 10.2 Å². The highest BCUT2D eigenvalue weighted by molar-refractivity contribution is 4.99. The summed E-state index contributed by atoms with van der Waals surface area (Å²) in [5.41, 5.74) is 5.31. The topological polar surface area (TPSA) is 84.4 Å². The van der Waals surface area contributed by atoms with Gasteiger partial charge >= 0.3 is 5.82 Å². The molecule has 0 amide bonds. The van der Waals surface area contributed by atoms with Crippen molar-refractivity contribution in [1.29, 1.82) is 0 Å². The van der Waals surface area contributed by atoms with E-state index in [9.17, 15) is 10.1 Å². The number of rotatable bonds is 3. The van der Waals surface area contributed by atoms with Crippen molar-refractivity contribution in [3.63, 3.8) is 0 Å². The molecule has 1 unspecified atom stereocenters. The van der Waals surface area contributed by atoms with Crippen LogP contribution < -0.4 is 11.1 Å². The van der Waals surface area contributed by atoms with Crippen LogP contribution in [0.4, 0.5) is 0 Å². The van der Waals surface area contributed by atoms with Crippen LogP contribution in [0.15, 0.2) is 12.0 Å². The first-order chi connectivity index (χ1) is 5.66. The Morgan fingerprint density at radius 3 is 3.08 bits per heavy atom. The lowest BCUT2D eigenvalue weighted by Crippen LogP contribution is -2.38. The molecule has 0 aromatic rings. The maximum absolute atomic E-state index is 10.4. The van der Waals surface area contributed by atoms with Crippen LogP contribution in [0.25, 0.3) is 0 Å². The predicted octanol–water partition coefficient (Wildman–Crippen LogP) is -0.728. The zero-order valence-corrected chi connectivity index (χ0v) is 6.86. The fourth-order valence-electron chi connectivity index (χ4n) is 1.17. The van der Waals surface area contributed by atoms with E-state index in [-0.39, 0.29) is 12.0 Å². The number of nitrogens with zero attached hydrogens (tertiary/aromatic N) is 2. The Morgan fingerprint density at radius 1 is 1.92 bits per heavy atom. The van der Waals surface area contributed by atoms with Gasteiger partial charge in [-0.3, -0.25) is 0 Å². The number of nitro groups is 1. The second kappa shape index (κ2) is 3.40. The number of hydrogen-bond donors (Lipinski definition) is 2. The minimum Gasteiger partial charge on any atom is -0.358 e. The molecule has 0 aromatic heterocycles. The van der Waals surface area contributed by atoms with Gasteiger partial charge < -0.3 is 21.2 Å². The van der Waals surface area contributed by atoms with Crippen molar-refractivity contribution in [2.75, 3.05) is 13.1 Å². The van der Waals surface area contributed by atoms with Gasteiger partial charge in [-0.1, -0.05) is 0 Å². The molecule has 1 aliphatic heterocycles. The van der Waals surface area contributed by atoms with Gasteiger partial charge in [0.15, 0.2) is 6.17 Å². The third-order valence-electron chi connectivity index (χ3n) is 1.77. The fourth-order valence-corrected chi connectivity index (χ4v) is 1.17. The monoisotopic (exact) mass is 172 g/mol. The minimum absolute atomic E-state index is 0.0334. The molecule has 0 fully saturated rings. The molecule has 0 aromatic carbocycles. The molecular weight excluding hydrogens is 160 g/mol. The molecule has 68 valence electrons. The van der Waals surface area contributed by atoms with E-state index in [1.54, 1.807) is 4.90 Å². The number of hydrogen-bond acceptors (Lipinski definition) is 5. The summed E-state index contributed by atoms with van der Waals surface area (Å²) in [6.07, 6.45) is 1.37. The lowest BCUT2D eigenvalue weighted by molar-refractivity contribution is -0.445. The van der Waals surface area contributed by atoms with E-state index in [2.05, 4.69) is 5.32 Å². The van der Waals surface area contributed by atoms with E-state index >= 15 is 0 Å². The fraction of sp³-hybridized carbons (Fsp3) is 0.667. The van der Waals surface area contributed by atoms with Crippen molar-refractivity contribution in [3.05, 3.63) is 22.1 Å². The zero-order chi connectivity index (χ0) is 9.14. The summed E-state index contributed by atoms with van der Waals surface area (Å²) in [5.74, 6) is 0.0907. The van der Waals surface area contributed by atoms with Gasteiger partial charge in [0, 0.05) is 6.54 Å².